The lowest BCUT2D eigenvalue weighted by molar-refractivity contribution is 0.0601. The molecule has 3 rings (SSSR count). The van der Waals surface area contributed by atoms with Gasteiger partial charge >= 0.3 is 5.97 Å². The Kier molecular flexibility index (Phi) is 5.07. The van der Waals surface area contributed by atoms with Crippen LogP contribution in [0.4, 0.5) is 5.69 Å². The first-order valence-electron chi connectivity index (χ1n) is 8.52. The number of aromatic amines is 1. The highest BCUT2D eigenvalue weighted by Crippen LogP contribution is 2.15. The lowest BCUT2D eigenvalue weighted by atomic mass is 10.1. The molecule has 0 spiro atoms. The van der Waals surface area contributed by atoms with Gasteiger partial charge in [0.1, 0.15) is 0 Å². The number of rotatable bonds is 4. The monoisotopic (exact) mass is 363 g/mol. The second kappa shape index (κ2) is 7.45. The molecule has 1 aromatic heterocycles. The van der Waals surface area contributed by atoms with Crippen molar-refractivity contribution in [2.24, 2.45) is 4.99 Å². The van der Waals surface area contributed by atoms with E-state index in [1.54, 1.807) is 30.5 Å². The maximum absolute atomic E-state index is 12.8. The molecule has 3 aromatic rings. The maximum atomic E-state index is 12.8. The van der Waals surface area contributed by atoms with Gasteiger partial charge in [-0.15, -0.1) is 0 Å². The van der Waals surface area contributed by atoms with E-state index in [-0.39, 0.29) is 5.56 Å². The zero-order valence-electron chi connectivity index (χ0n) is 15.7. The molecule has 0 aliphatic carbocycles. The van der Waals surface area contributed by atoms with Crippen LogP contribution in [0.3, 0.4) is 0 Å². The van der Waals surface area contributed by atoms with Crippen LogP contribution >= 0.6 is 0 Å². The molecule has 0 amide bonds. The second-order valence-electron chi connectivity index (χ2n) is 6.36. The number of esters is 1. The van der Waals surface area contributed by atoms with Gasteiger partial charge in [-0.25, -0.2) is 9.48 Å². The molecule has 2 aromatic carbocycles. The third kappa shape index (κ3) is 3.74. The molecule has 27 heavy (non-hydrogen) atoms. The minimum absolute atomic E-state index is 0.161. The number of nitrogens with one attached hydrogen (secondary N) is 1. The average molecular weight is 363 g/mol. The number of nitrogens with zero attached hydrogens (tertiary/aromatic N) is 2. The van der Waals surface area contributed by atoms with Crippen molar-refractivity contribution in [1.82, 2.24) is 9.78 Å². The third-order valence-corrected chi connectivity index (χ3v) is 4.50. The van der Waals surface area contributed by atoms with Gasteiger partial charge in [0.15, 0.2) is 0 Å². The highest BCUT2D eigenvalue weighted by Gasteiger charge is 2.11. The lowest BCUT2D eigenvalue weighted by Gasteiger charge is -2.05. The van der Waals surface area contributed by atoms with E-state index in [4.69, 9.17) is 0 Å². The van der Waals surface area contributed by atoms with E-state index in [0.29, 0.717) is 16.8 Å². The lowest BCUT2D eigenvalue weighted by Crippen LogP contribution is -2.17. The number of hydrogen-bond acceptors (Lipinski definition) is 4. The normalized spacial score (nSPS) is 11.1. The fourth-order valence-corrected chi connectivity index (χ4v) is 2.70. The van der Waals surface area contributed by atoms with Crippen molar-refractivity contribution in [3.63, 3.8) is 0 Å². The second-order valence-corrected chi connectivity index (χ2v) is 6.36. The van der Waals surface area contributed by atoms with Crippen molar-refractivity contribution < 1.29 is 9.53 Å². The van der Waals surface area contributed by atoms with Crippen LogP contribution in [-0.2, 0) is 4.74 Å². The van der Waals surface area contributed by atoms with Crippen LogP contribution in [0, 0.1) is 20.8 Å². The summed E-state index contributed by atoms with van der Waals surface area (Å²) in [5, 5.41) is 3.10. The van der Waals surface area contributed by atoms with Crippen LogP contribution < -0.4 is 5.56 Å². The zero-order chi connectivity index (χ0) is 19.6. The number of aromatic nitrogens is 2. The van der Waals surface area contributed by atoms with Crippen LogP contribution in [0.1, 0.15) is 32.7 Å². The van der Waals surface area contributed by atoms with Gasteiger partial charge in [-0.05, 0) is 68.3 Å². The number of aliphatic imine (C=N–C) groups is 1. The van der Waals surface area contributed by atoms with Gasteiger partial charge in [-0.3, -0.25) is 14.9 Å². The summed E-state index contributed by atoms with van der Waals surface area (Å²) in [6, 6.07) is 12.5. The van der Waals surface area contributed by atoms with Crippen LogP contribution in [0.25, 0.3) is 5.69 Å². The Labute approximate surface area is 157 Å². The molecule has 0 aliphatic heterocycles. The zero-order valence-corrected chi connectivity index (χ0v) is 15.7. The predicted molar refractivity (Wildman–Crippen MR) is 106 cm³/mol. The third-order valence-electron chi connectivity index (χ3n) is 4.50. The molecule has 138 valence electrons. The van der Waals surface area contributed by atoms with Gasteiger partial charge in [0, 0.05) is 11.9 Å². The van der Waals surface area contributed by atoms with Crippen molar-refractivity contribution in [3.8, 4) is 5.69 Å². The molecule has 6 nitrogen and oxygen atoms in total. The number of hydrogen-bond donors (Lipinski definition) is 1. The van der Waals surface area contributed by atoms with Gasteiger partial charge < -0.3 is 4.74 Å². The Balaban J connectivity index is 1.90. The topological polar surface area (TPSA) is 76.4 Å². The largest absolute Gasteiger partial charge is 0.465 e. The fourth-order valence-electron chi connectivity index (χ4n) is 2.70. The first-order valence-corrected chi connectivity index (χ1v) is 8.52. The molecule has 0 fully saturated rings. The maximum Gasteiger partial charge on any atom is 0.337 e. The van der Waals surface area contributed by atoms with Crippen LogP contribution in [0.5, 0.6) is 0 Å². The summed E-state index contributed by atoms with van der Waals surface area (Å²) in [6.07, 6.45) is 1.54. The van der Waals surface area contributed by atoms with Crippen LogP contribution in [-0.4, -0.2) is 29.1 Å². The number of methoxy groups -OCH3 is 1. The molecule has 0 radical (unpaired) electrons. The number of carbonyl (C=O) groups excluding carboxylic acids is 1. The van der Waals surface area contributed by atoms with Crippen molar-refractivity contribution in [2.45, 2.75) is 20.8 Å². The van der Waals surface area contributed by atoms with Crippen molar-refractivity contribution in [2.75, 3.05) is 7.11 Å². The first kappa shape index (κ1) is 18.4. The molecule has 0 unspecified atom stereocenters. The fraction of sp³-hybridized carbons (Fsp3) is 0.190. The smallest absolute Gasteiger partial charge is 0.337 e. The Morgan fingerprint density at radius 2 is 1.78 bits per heavy atom. The summed E-state index contributed by atoms with van der Waals surface area (Å²) in [4.78, 5) is 28.6. The van der Waals surface area contributed by atoms with Gasteiger partial charge in [0.2, 0.25) is 0 Å². The van der Waals surface area contributed by atoms with E-state index in [2.05, 4.69) is 14.8 Å². The van der Waals surface area contributed by atoms with E-state index < -0.39 is 5.97 Å². The van der Waals surface area contributed by atoms with E-state index in [9.17, 15) is 9.59 Å². The Morgan fingerprint density at radius 3 is 2.41 bits per heavy atom. The molecular weight excluding hydrogens is 342 g/mol. The predicted octanol–water partition coefficient (Wildman–Crippen LogP) is 3.63. The molecule has 0 atom stereocenters. The summed E-state index contributed by atoms with van der Waals surface area (Å²) >= 11 is 0. The van der Waals surface area contributed by atoms with Crippen molar-refractivity contribution in [3.05, 3.63) is 80.8 Å². The SMILES string of the molecule is COC(=O)c1ccc(N=Cc2c(C)[nH]n(-c3ccc(C)c(C)c3)c2=O)cc1. The summed E-state index contributed by atoms with van der Waals surface area (Å²) in [7, 11) is 1.34. The average Bonchev–Trinajstić information content (AvgIpc) is 2.96. The molecular formula is C21H21N3O3. The summed E-state index contributed by atoms with van der Waals surface area (Å²) < 4.78 is 6.19. The summed E-state index contributed by atoms with van der Waals surface area (Å²) in [5.41, 5.74) is 5.23. The van der Waals surface area contributed by atoms with Crippen LogP contribution in [0.15, 0.2) is 52.3 Å². The highest BCUT2D eigenvalue weighted by molar-refractivity contribution is 5.90. The standard InChI is InChI=1S/C21H21N3O3/c1-13-5-10-18(11-14(13)2)24-20(25)19(15(3)23-24)12-22-17-8-6-16(7-9-17)21(26)27-4/h5-12,23H,1-4H3. The summed E-state index contributed by atoms with van der Waals surface area (Å²) in [5.74, 6) is -0.400. The molecule has 0 saturated carbocycles. The first-order chi connectivity index (χ1) is 12.9. The molecule has 0 bridgehead atoms. The number of benzene rings is 2. The minimum Gasteiger partial charge on any atom is -0.465 e. The minimum atomic E-state index is -0.400. The van der Waals surface area contributed by atoms with E-state index in [0.717, 1.165) is 16.9 Å². The molecule has 0 saturated heterocycles. The Morgan fingerprint density at radius 1 is 1.07 bits per heavy atom. The molecule has 1 N–H and O–H groups in total. The molecule has 0 aliphatic rings. The van der Waals surface area contributed by atoms with Crippen LogP contribution in [0.2, 0.25) is 0 Å². The number of carbonyl (C=O) groups is 1. The Bertz CT molecular complexity index is 1070. The number of H-pyrrole nitrogens is 1. The number of aryl methyl sites for hydroxylation is 3. The van der Waals surface area contributed by atoms with Crippen molar-refractivity contribution in [1.29, 1.82) is 0 Å². The van der Waals surface area contributed by atoms with Crippen molar-refractivity contribution >= 4 is 17.9 Å². The Hall–Kier alpha value is -3.41. The molecule has 6 heteroatoms. The van der Waals surface area contributed by atoms with E-state index >= 15 is 0 Å². The molecule has 1 heterocycles. The highest BCUT2D eigenvalue weighted by atomic mass is 16.5. The van der Waals surface area contributed by atoms with Gasteiger partial charge in [0.05, 0.1) is 29.6 Å². The van der Waals surface area contributed by atoms with Gasteiger partial charge in [0.25, 0.3) is 5.56 Å². The summed E-state index contributed by atoms with van der Waals surface area (Å²) in [6.45, 7) is 5.88. The quantitative estimate of drug-likeness (QED) is 0.568. The number of ether oxygens (including phenoxy) is 1. The van der Waals surface area contributed by atoms with Gasteiger partial charge in [-0.2, -0.15) is 0 Å². The van der Waals surface area contributed by atoms with Gasteiger partial charge in [-0.1, -0.05) is 6.07 Å². The van der Waals surface area contributed by atoms with E-state index in [1.807, 2.05) is 39.0 Å². The van der Waals surface area contributed by atoms with E-state index in [1.165, 1.54) is 17.4 Å².